The number of hydrogen-bond donors (Lipinski definition) is 1. The molecule has 0 radical (unpaired) electrons. The molecule has 1 fully saturated rings. The topological polar surface area (TPSA) is 15.3 Å². The van der Waals surface area contributed by atoms with E-state index in [1.54, 1.807) is 0 Å². The van der Waals surface area contributed by atoms with Gasteiger partial charge in [-0.05, 0) is 30.5 Å². The molecule has 2 rings (SSSR count). The summed E-state index contributed by atoms with van der Waals surface area (Å²) < 4.78 is 0. The molecule has 0 saturated carbocycles. The zero-order valence-corrected chi connectivity index (χ0v) is 11.7. The van der Waals surface area contributed by atoms with Gasteiger partial charge >= 0.3 is 0 Å². The van der Waals surface area contributed by atoms with Crippen LogP contribution >= 0.6 is 11.6 Å². The lowest BCUT2D eigenvalue weighted by molar-refractivity contribution is 0.174. The molecule has 98 valence electrons. The first-order valence-corrected chi connectivity index (χ1v) is 6.92. The van der Waals surface area contributed by atoms with Crippen molar-refractivity contribution < 1.29 is 0 Å². The van der Waals surface area contributed by atoms with Gasteiger partial charge in [0, 0.05) is 37.2 Å². The average molecular weight is 265 g/mol. The number of benzene rings is 1. The van der Waals surface area contributed by atoms with Crippen LogP contribution in [0.1, 0.15) is 23.6 Å². The summed E-state index contributed by atoms with van der Waals surface area (Å²) in [5, 5.41) is 4.25. The molecule has 18 heavy (non-hydrogen) atoms. The van der Waals surface area contributed by atoms with Gasteiger partial charge in [0.05, 0.1) is 0 Å². The summed E-state index contributed by atoms with van der Waals surface area (Å²) in [4.78, 5) is 2.51. The van der Waals surface area contributed by atoms with Crippen LogP contribution in [0.25, 0.3) is 0 Å². The van der Waals surface area contributed by atoms with Crippen LogP contribution in [0.3, 0.4) is 0 Å². The van der Waals surface area contributed by atoms with E-state index >= 15 is 0 Å². The number of aryl methyl sites for hydroxylation is 1. The smallest absolute Gasteiger partial charge is 0.0438 e. The first-order valence-electron chi connectivity index (χ1n) is 6.54. The van der Waals surface area contributed by atoms with Crippen LogP contribution in [0, 0.1) is 6.92 Å². The fourth-order valence-electron chi connectivity index (χ4n) is 2.46. The Hall–Kier alpha value is -0.830. The predicted molar refractivity (Wildman–Crippen MR) is 78.2 cm³/mol. The van der Waals surface area contributed by atoms with Gasteiger partial charge in [0.15, 0.2) is 0 Å². The minimum absolute atomic E-state index is 0.405. The van der Waals surface area contributed by atoms with Gasteiger partial charge in [-0.15, -0.1) is 6.58 Å². The first kappa shape index (κ1) is 13.6. The third kappa shape index (κ3) is 3.14. The Labute approximate surface area is 115 Å². The summed E-state index contributed by atoms with van der Waals surface area (Å²) in [5.74, 6) is 0. The highest BCUT2D eigenvalue weighted by atomic mass is 35.5. The van der Waals surface area contributed by atoms with E-state index in [0.717, 1.165) is 43.2 Å². The highest BCUT2D eigenvalue weighted by Crippen LogP contribution is 2.28. The molecule has 1 aromatic carbocycles. The van der Waals surface area contributed by atoms with Gasteiger partial charge in [-0.1, -0.05) is 29.8 Å². The Kier molecular flexibility index (Phi) is 4.81. The number of hydrogen-bond acceptors (Lipinski definition) is 2. The lowest BCUT2D eigenvalue weighted by atomic mass is 10.00. The van der Waals surface area contributed by atoms with Crippen molar-refractivity contribution in [2.45, 2.75) is 19.4 Å². The van der Waals surface area contributed by atoms with Crippen LogP contribution in [0.5, 0.6) is 0 Å². The van der Waals surface area contributed by atoms with E-state index in [-0.39, 0.29) is 0 Å². The van der Waals surface area contributed by atoms with E-state index in [1.807, 2.05) is 13.0 Å². The van der Waals surface area contributed by atoms with Crippen molar-refractivity contribution in [3.8, 4) is 0 Å². The Morgan fingerprint density at radius 1 is 1.44 bits per heavy atom. The molecule has 1 atom stereocenters. The summed E-state index contributed by atoms with van der Waals surface area (Å²) in [6.07, 6.45) is 2.97. The number of rotatable bonds is 4. The summed E-state index contributed by atoms with van der Waals surface area (Å²) in [5.41, 5.74) is 2.44. The minimum atomic E-state index is 0.405. The van der Waals surface area contributed by atoms with Gasteiger partial charge < -0.3 is 5.32 Å². The summed E-state index contributed by atoms with van der Waals surface area (Å²) in [6, 6.07) is 6.81. The maximum atomic E-state index is 6.24. The fourth-order valence-corrected chi connectivity index (χ4v) is 2.65. The summed E-state index contributed by atoms with van der Waals surface area (Å²) in [7, 11) is 0. The van der Waals surface area contributed by atoms with Crippen molar-refractivity contribution in [1.82, 2.24) is 10.2 Å². The predicted octanol–water partition coefficient (Wildman–Crippen LogP) is 3.17. The number of nitrogens with one attached hydrogen (secondary N) is 1. The molecule has 0 aliphatic carbocycles. The Morgan fingerprint density at radius 2 is 2.17 bits per heavy atom. The maximum Gasteiger partial charge on any atom is 0.0438 e. The molecule has 3 heteroatoms. The second kappa shape index (κ2) is 6.37. The standard InChI is InChI=1S/C15H21ClN2/c1-3-4-15(18-9-7-17-8-10-18)13-6-5-12(2)14(16)11-13/h3,5-6,11,15,17H,1,4,7-10H2,2H3/t15-/m0/s1. The van der Waals surface area contributed by atoms with Crippen LogP contribution in [-0.4, -0.2) is 31.1 Å². The van der Waals surface area contributed by atoms with Crippen molar-refractivity contribution in [1.29, 1.82) is 0 Å². The highest BCUT2D eigenvalue weighted by Gasteiger charge is 2.21. The van der Waals surface area contributed by atoms with E-state index in [2.05, 4.69) is 35.0 Å². The second-order valence-corrected chi connectivity index (χ2v) is 5.24. The van der Waals surface area contributed by atoms with Gasteiger partial charge in [-0.2, -0.15) is 0 Å². The molecular weight excluding hydrogens is 244 g/mol. The lowest BCUT2D eigenvalue weighted by Crippen LogP contribution is -2.45. The second-order valence-electron chi connectivity index (χ2n) is 4.83. The molecule has 0 bridgehead atoms. The van der Waals surface area contributed by atoms with Crippen molar-refractivity contribution in [2.75, 3.05) is 26.2 Å². The molecule has 0 amide bonds. The Balaban J connectivity index is 2.22. The van der Waals surface area contributed by atoms with E-state index in [4.69, 9.17) is 11.6 Å². The Morgan fingerprint density at radius 3 is 2.78 bits per heavy atom. The first-order chi connectivity index (χ1) is 8.72. The van der Waals surface area contributed by atoms with E-state index in [9.17, 15) is 0 Å². The van der Waals surface area contributed by atoms with Gasteiger partial charge in [-0.3, -0.25) is 4.90 Å². The van der Waals surface area contributed by atoms with Crippen LogP contribution in [0.2, 0.25) is 5.02 Å². The van der Waals surface area contributed by atoms with Crippen molar-refractivity contribution in [3.05, 3.63) is 47.0 Å². The monoisotopic (exact) mass is 264 g/mol. The van der Waals surface area contributed by atoms with Crippen LogP contribution < -0.4 is 5.32 Å². The average Bonchev–Trinajstić information content (AvgIpc) is 2.40. The normalized spacial score (nSPS) is 18.6. The molecule has 1 aromatic rings. The molecule has 1 aliphatic rings. The van der Waals surface area contributed by atoms with Crippen LogP contribution in [0.15, 0.2) is 30.9 Å². The fraction of sp³-hybridized carbons (Fsp3) is 0.467. The third-order valence-electron chi connectivity index (χ3n) is 3.56. The minimum Gasteiger partial charge on any atom is -0.314 e. The molecule has 0 unspecified atom stereocenters. The van der Waals surface area contributed by atoms with Gasteiger partial charge in [0.25, 0.3) is 0 Å². The lowest BCUT2D eigenvalue weighted by Gasteiger charge is -2.35. The zero-order chi connectivity index (χ0) is 13.0. The van der Waals surface area contributed by atoms with E-state index < -0.39 is 0 Å². The van der Waals surface area contributed by atoms with Crippen LogP contribution in [-0.2, 0) is 0 Å². The largest absolute Gasteiger partial charge is 0.314 e. The molecule has 0 spiro atoms. The molecule has 1 aliphatic heterocycles. The van der Waals surface area contributed by atoms with E-state index in [1.165, 1.54) is 5.56 Å². The van der Waals surface area contributed by atoms with Gasteiger partial charge in [-0.25, -0.2) is 0 Å². The Bertz CT molecular complexity index is 411. The van der Waals surface area contributed by atoms with E-state index in [0.29, 0.717) is 6.04 Å². The van der Waals surface area contributed by atoms with Crippen molar-refractivity contribution >= 4 is 11.6 Å². The summed E-state index contributed by atoms with van der Waals surface area (Å²) >= 11 is 6.24. The quantitative estimate of drug-likeness (QED) is 0.841. The number of halogens is 1. The maximum absolute atomic E-state index is 6.24. The SMILES string of the molecule is C=CC[C@@H](c1ccc(C)c(Cl)c1)N1CCNCC1. The van der Waals surface area contributed by atoms with Gasteiger partial charge in [0.1, 0.15) is 0 Å². The summed E-state index contributed by atoms with van der Waals surface area (Å²) in [6.45, 7) is 10.2. The zero-order valence-electron chi connectivity index (χ0n) is 11.0. The molecular formula is C15H21ClN2. The van der Waals surface area contributed by atoms with Crippen molar-refractivity contribution in [2.24, 2.45) is 0 Å². The van der Waals surface area contributed by atoms with Crippen LogP contribution in [0.4, 0.5) is 0 Å². The molecule has 1 heterocycles. The van der Waals surface area contributed by atoms with Crippen molar-refractivity contribution in [3.63, 3.8) is 0 Å². The number of piperazine rings is 1. The third-order valence-corrected chi connectivity index (χ3v) is 3.97. The molecule has 2 nitrogen and oxygen atoms in total. The van der Waals surface area contributed by atoms with Gasteiger partial charge in [0.2, 0.25) is 0 Å². The molecule has 1 N–H and O–H groups in total. The molecule has 1 saturated heterocycles. The molecule has 0 aromatic heterocycles. The number of nitrogens with zero attached hydrogens (tertiary/aromatic N) is 1. The highest BCUT2D eigenvalue weighted by molar-refractivity contribution is 6.31.